The summed E-state index contributed by atoms with van der Waals surface area (Å²) in [6, 6.07) is 0. The quantitative estimate of drug-likeness (QED) is 0.533. The molecular weight excluding hydrogens is 353 g/mol. The average Bonchev–Trinajstić information content (AvgIpc) is 3.23. The topological polar surface area (TPSA) is 9.72 Å². The summed E-state index contributed by atoms with van der Waals surface area (Å²) in [5.41, 5.74) is 0. The summed E-state index contributed by atoms with van der Waals surface area (Å²) >= 11 is -2.53. The molecule has 3 aliphatic heterocycles. The van der Waals surface area contributed by atoms with Gasteiger partial charge in [0, 0.05) is 0 Å². The second-order valence-electron chi connectivity index (χ2n) is 6.63. The summed E-state index contributed by atoms with van der Waals surface area (Å²) in [4.78, 5) is 0. The monoisotopic (exact) mass is 385 g/mol. The minimum absolute atomic E-state index is 1.39. The van der Waals surface area contributed by atoms with Crippen LogP contribution >= 0.6 is 0 Å². The molecule has 0 aromatic heterocycles. The van der Waals surface area contributed by atoms with Crippen molar-refractivity contribution in [1.29, 1.82) is 0 Å². The molecule has 0 bridgehead atoms. The van der Waals surface area contributed by atoms with Gasteiger partial charge in [-0.2, -0.15) is 0 Å². The average molecular weight is 384 g/mol. The van der Waals surface area contributed by atoms with Crippen LogP contribution in [0.3, 0.4) is 0 Å². The summed E-state index contributed by atoms with van der Waals surface area (Å²) in [5, 5.41) is 0. The minimum atomic E-state index is -2.53. The fraction of sp³-hybridized carbons (Fsp3) is 0.875. The third-order valence-electron chi connectivity index (χ3n) is 5.46. The van der Waals surface area contributed by atoms with Gasteiger partial charge in [0.1, 0.15) is 0 Å². The number of hydrogen-bond acceptors (Lipinski definition) is 3. The van der Waals surface area contributed by atoms with Crippen molar-refractivity contribution in [3.05, 3.63) is 12.2 Å². The van der Waals surface area contributed by atoms with Crippen molar-refractivity contribution < 1.29 is 0 Å². The SMILES string of the molecule is CC=C[CH2][Sn]([N]1CCCC1)([N]1CCCC1)[N]1CCCC1. The van der Waals surface area contributed by atoms with E-state index in [4.69, 9.17) is 0 Å². The number of hydrogen-bond donors (Lipinski definition) is 0. The molecule has 0 atom stereocenters. The van der Waals surface area contributed by atoms with Gasteiger partial charge in [0.15, 0.2) is 0 Å². The molecule has 3 rings (SSSR count). The van der Waals surface area contributed by atoms with Crippen LogP contribution in [-0.2, 0) is 0 Å². The van der Waals surface area contributed by atoms with Crippen LogP contribution in [0, 0.1) is 0 Å². The van der Waals surface area contributed by atoms with Crippen LogP contribution in [0.15, 0.2) is 12.2 Å². The maximum atomic E-state index is 3.02. The zero-order valence-corrected chi connectivity index (χ0v) is 16.0. The van der Waals surface area contributed by atoms with Gasteiger partial charge in [-0.3, -0.25) is 0 Å². The molecule has 0 N–H and O–H groups in total. The fourth-order valence-corrected chi connectivity index (χ4v) is 20.5. The molecule has 4 heteroatoms. The summed E-state index contributed by atoms with van der Waals surface area (Å²) < 4.78 is 10.5. The molecule has 3 saturated heterocycles. The first-order chi connectivity index (χ1) is 9.88. The van der Waals surface area contributed by atoms with Crippen LogP contribution in [0.1, 0.15) is 45.4 Å². The Bertz CT molecular complexity index is 286. The first-order valence-corrected chi connectivity index (χ1v) is 14.6. The molecule has 114 valence electrons. The molecule has 3 nitrogen and oxygen atoms in total. The third kappa shape index (κ3) is 2.83. The van der Waals surface area contributed by atoms with E-state index in [2.05, 4.69) is 28.4 Å². The van der Waals surface area contributed by atoms with E-state index >= 15 is 0 Å². The van der Waals surface area contributed by atoms with Gasteiger partial charge < -0.3 is 0 Å². The summed E-state index contributed by atoms with van der Waals surface area (Å²) in [7, 11) is 0. The van der Waals surface area contributed by atoms with Crippen LogP contribution in [0.25, 0.3) is 0 Å². The van der Waals surface area contributed by atoms with Gasteiger partial charge in [0.2, 0.25) is 0 Å². The molecule has 20 heavy (non-hydrogen) atoms. The zero-order valence-electron chi connectivity index (χ0n) is 13.2. The Morgan fingerprint density at radius 1 is 0.700 bits per heavy atom. The van der Waals surface area contributed by atoms with Crippen molar-refractivity contribution in [2.24, 2.45) is 0 Å². The van der Waals surface area contributed by atoms with Crippen molar-refractivity contribution in [3.8, 4) is 0 Å². The van der Waals surface area contributed by atoms with Crippen LogP contribution in [-0.4, -0.2) is 67.8 Å². The van der Waals surface area contributed by atoms with Crippen molar-refractivity contribution in [1.82, 2.24) is 9.36 Å². The molecule has 0 unspecified atom stereocenters. The van der Waals surface area contributed by atoms with E-state index in [1.54, 1.807) is 0 Å². The molecule has 0 spiro atoms. The normalized spacial score (nSPS) is 27.2. The third-order valence-corrected chi connectivity index (χ3v) is 20.2. The number of nitrogens with zero attached hydrogens (tertiary/aromatic N) is 3. The van der Waals surface area contributed by atoms with Crippen LogP contribution in [0.4, 0.5) is 0 Å². The van der Waals surface area contributed by atoms with E-state index < -0.39 is 19.2 Å². The van der Waals surface area contributed by atoms with Gasteiger partial charge in [-0.1, -0.05) is 0 Å². The van der Waals surface area contributed by atoms with Crippen LogP contribution in [0.5, 0.6) is 0 Å². The molecule has 3 heterocycles. The van der Waals surface area contributed by atoms with Gasteiger partial charge in [-0.15, -0.1) is 0 Å². The Labute approximate surface area is 129 Å². The summed E-state index contributed by atoms with van der Waals surface area (Å²) in [6.07, 6.45) is 13.4. The standard InChI is InChI=1S/3C4H8N.C4H7.Sn/c3*1-2-4-5-3-1;1-3-4-2;/h3*1-4H2;3-4H,1H2,2H3;/q3*-1;;+3. The molecule has 0 aromatic rings. The van der Waals surface area contributed by atoms with Crippen LogP contribution < -0.4 is 0 Å². The van der Waals surface area contributed by atoms with E-state index in [1.165, 1.54) is 82.2 Å². The van der Waals surface area contributed by atoms with Gasteiger partial charge in [-0.05, 0) is 0 Å². The van der Waals surface area contributed by atoms with Gasteiger partial charge in [-0.25, -0.2) is 0 Å². The molecule has 3 fully saturated rings. The molecule has 0 aliphatic carbocycles. The Morgan fingerprint density at radius 2 is 1.05 bits per heavy atom. The van der Waals surface area contributed by atoms with E-state index in [0.717, 1.165) is 0 Å². The van der Waals surface area contributed by atoms with Crippen molar-refractivity contribution in [3.63, 3.8) is 0 Å². The van der Waals surface area contributed by atoms with Crippen molar-refractivity contribution >= 4 is 19.2 Å². The molecule has 0 aromatic carbocycles. The number of allylic oxidation sites excluding steroid dienone is 2. The van der Waals surface area contributed by atoms with Gasteiger partial charge in [0.05, 0.1) is 0 Å². The second-order valence-corrected chi connectivity index (χ2v) is 17.6. The Morgan fingerprint density at radius 3 is 1.35 bits per heavy atom. The first-order valence-electron chi connectivity index (χ1n) is 8.74. The van der Waals surface area contributed by atoms with Gasteiger partial charge >= 0.3 is 130 Å². The second kappa shape index (κ2) is 7.12. The summed E-state index contributed by atoms with van der Waals surface area (Å²) in [5.74, 6) is 0. The molecule has 0 amide bonds. The van der Waals surface area contributed by atoms with E-state index in [0.29, 0.717) is 0 Å². The fourth-order valence-electron chi connectivity index (χ4n) is 4.49. The summed E-state index contributed by atoms with van der Waals surface area (Å²) in [6.45, 7) is 10.5. The van der Waals surface area contributed by atoms with E-state index in [9.17, 15) is 0 Å². The molecule has 0 radical (unpaired) electrons. The number of rotatable bonds is 5. The molecule has 0 saturated carbocycles. The predicted molar refractivity (Wildman–Crippen MR) is 87.8 cm³/mol. The van der Waals surface area contributed by atoms with Gasteiger partial charge in [0.25, 0.3) is 0 Å². The Balaban J connectivity index is 1.91. The Kier molecular flexibility index (Phi) is 5.45. The first kappa shape index (κ1) is 15.3. The predicted octanol–water partition coefficient (Wildman–Crippen LogP) is 2.79. The van der Waals surface area contributed by atoms with Crippen molar-refractivity contribution in [2.75, 3.05) is 39.3 Å². The van der Waals surface area contributed by atoms with Crippen LogP contribution in [0.2, 0.25) is 4.44 Å². The van der Waals surface area contributed by atoms with E-state index in [1.807, 2.05) is 0 Å². The molecule has 3 aliphatic rings. The maximum absolute atomic E-state index is 3.02. The van der Waals surface area contributed by atoms with Crippen molar-refractivity contribution in [2.45, 2.75) is 49.9 Å². The van der Waals surface area contributed by atoms with E-state index in [-0.39, 0.29) is 0 Å². The Hall–Kier alpha value is 0.419. The zero-order chi connectivity index (χ0) is 13.8. The molecular formula is C16H31N3Sn.